The number of carbonyl (C=O) groups excluding carboxylic acids is 1. The van der Waals surface area contributed by atoms with Crippen LogP contribution < -0.4 is 5.32 Å². The van der Waals surface area contributed by atoms with Crippen molar-refractivity contribution in [2.45, 2.75) is 26.2 Å². The number of hydrogen-bond donors (Lipinski definition) is 1. The Morgan fingerprint density at radius 2 is 2.12 bits per heavy atom. The van der Waals surface area contributed by atoms with Gasteiger partial charge in [0.1, 0.15) is 11.5 Å². The summed E-state index contributed by atoms with van der Waals surface area (Å²) in [4.78, 5) is 22.3. The Kier molecular flexibility index (Phi) is 4.20. The van der Waals surface area contributed by atoms with Crippen molar-refractivity contribution in [3.05, 3.63) is 63.6 Å². The van der Waals surface area contributed by atoms with Gasteiger partial charge in [0.25, 0.3) is 5.69 Å². The summed E-state index contributed by atoms with van der Waals surface area (Å²) in [6.07, 6.45) is 4.10. The van der Waals surface area contributed by atoms with Crippen LogP contribution in [0.5, 0.6) is 0 Å². The highest BCUT2D eigenvalue weighted by Crippen LogP contribution is 2.47. The summed E-state index contributed by atoms with van der Waals surface area (Å²) in [6.45, 7) is 3.95. The molecule has 124 valence electrons. The quantitative estimate of drug-likeness (QED) is 0.505. The molecular weight excluding hydrogens is 308 g/mol. The van der Waals surface area contributed by atoms with Gasteiger partial charge in [0, 0.05) is 24.1 Å². The lowest BCUT2D eigenvalue weighted by molar-refractivity contribution is -0.384. The van der Waals surface area contributed by atoms with E-state index in [0.717, 1.165) is 17.7 Å². The van der Waals surface area contributed by atoms with E-state index in [1.807, 2.05) is 12.1 Å². The summed E-state index contributed by atoms with van der Waals surface area (Å²) in [6, 6.07) is 8.14. The molecule has 0 radical (unpaired) electrons. The molecule has 2 atom stereocenters. The van der Waals surface area contributed by atoms with Crippen LogP contribution in [-0.4, -0.2) is 10.8 Å². The Balaban J connectivity index is 1.66. The topological polar surface area (TPSA) is 85.4 Å². The third kappa shape index (κ3) is 3.53. The van der Waals surface area contributed by atoms with Crippen molar-refractivity contribution in [2.75, 3.05) is 5.32 Å². The van der Waals surface area contributed by atoms with Crippen LogP contribution in [0.25, 0.3) is 6.08 Å². The first-order valence-electron chi connectivity index (χ1n) is 7.78. The Bertz CT molecular complexity index is 822. The molecule has 1 fully saturated rings. The van der Waals surface area contributed by atoms with Gasteiger partial charge in [-0.25, -0.2) is 0 Å². The van der Waals surface area contributed by atoms with Gasteiger partial charge < -0.3 is 9.73 Å². The smallest absolute Gasteiger partial charge is 0.271 e. The summed E-state index contributed by atoms with van der Waals surface area (Å²) in [5, 5.41) is 13.5. The summed E-state index contributed by atoms with van der Waals surface area (Å²) >= 11 is 0. The van der Waals surface area contributed by atoms with Crippen molar-refractivity contribution in [2.24, 2.45) is 5.92 Å². The average Bonchev–Trinajstić information content (AvgIpc) is 3.09. The number of amides is 1. The molecule has 3 rings (SSSR count). The van der Waals surface area contributed by atoms with E-state index in [9.17, 15) is 14.9 Å². The van der Waals surface area contributed by atoms with Gasteiger partial charge in [0.15, 0.2) is 0 Å². The van der Waals surface area contributed by atoms with Crippen LogP contribution in [0.15, 0.2) is 40.8 Å². The third-order valence-electron chi connectivity index (χ3n) is 4.21. The first-order chi connectivity index (χ1) is 11.4. The average molecular weight is 326 g/mol. The standard InChI is InChI=1S/C18H18N2O4/c1-11-3-4-13(20(22)23)10-16(11)19-18(21)8-6-14-5-7-17(24-14)15-9-12(15)2/h3-8,10,12,15H,9H2,1-2H3,(H,19,21)/b8-6+. The molecule has 1 aromatic carbocycles. The maximum atomic E-state index is 12.0. The first-order valence-corrected chi connectivity index (χ1v) is 7.78. The van der Waals surface area contributed by atoms with Gasteiger partial charge in [0.2, 0.25) is 5.91 Å². The highest BCUT2D eigenvalue weighted by atomic mass is 16.6. The number of aryl methyl sites for hydroxylation is 1. The predicted molar refractivity (Wildman–Crippen MR) is 90.7 cm³/mol. The number of anilines is 1. The fourth-order valence-electron chi connectivity index (χ4n) is 2.57. The molecule has 0 bridgehead atoms. The first kappa shape index (κ1) is 16.0. The highest BCUT2D eigenvalue weighted by Gasteiger charge is 2.36. The van der Waals surface area contributed by atoms with Crippen molar-refractivity contribution in [1.29, 1.82) is 0 Å². The van der Waals surface area contributed by atoms with Crippen LogP contribution in [0, 0.1) is 23.0 Å². The Hall–Kier alpha value is -2.89. The number of furan rings is 1. The Morgan fingerprint density at radius 3 is 2.79 bits per heavy atom. The van der Waals surface area contributed by atoms with Crippen molar-refractivity contribution < 1.29 is 14.1 Å². The van der Waals surface area contributed by atoms with Crippen molar-refractivity contribution >= 4 is 23.4 Å². The normalized spacial score (nSPS) is 19.4. The molecule has 6 nitrogen and oxygen atoms in total. The van der Waals surface area contributed by atoms with Gasteiger partial charge in [-0.05, 0) is 43.0 Å². The van der Waals surface area contributed by atoms with Crippen LogP contribution >= 0.6 is 0 Å². The van der Waals surface area contributed by atoms with Crippen molar-refractivity contribution in [3.63, 3.8) is 0 Å². The summed E-state index contributed by atoms with van der Waals surface area (Å²) in [5.74, 6) is 2.37. The van der Waals surface area contributed by atoms with Crippen LogP contribution in [0.4, 0.5) is 11.4 Å². The number of rotatable bonds is 5. The number of nitrogens with one attached hydrogen (secondary N) is 1. The number of nitro groups is 1. The van der Waals surface area contributed by atoms with Gasteiger partial charge >= 0.3 is 0 Å². The molecule has 0 aliphatic heterocycles. The fraction of sp³-hybridized carbons (Fsp3) is 0.278. The number of non-ortho nitro benzene ring substituents is 1. The molecule has 1 aliphatic carbocycles. The number of nitro benzene ring substituents is 1. The third-order valence-corrected chi connectivity index (χ3v) is 4.21. The Morgan fingerprint density at radius 1 is 1.38 bits per heavy atom. The number of benzene rings is 1. The van der Waals surface area contributed by atoms with Crippen molar-refractivity contribution in [1.82, 2.24) is 0 Å². The minimum absolute atomic E-state index is 0.0610. The highest BCUT2D eigenvalue weighted by molar-refractivity contribution is 6.02. The van der Waals surface area contributed by atoms with E-state index < -0.39 is 4.92 Å². The molecule has 1 heterocycles. The van der Waals surface area contributed by atoms with E-state index in [4.69, 9.17) is 4.42 Å². The molecule has 0 saturated heterocycles. The molecule has 2 unspecified atom stereocenters. The molecule has 6 heteroatoms. The van der Waals surface area contributed by atoms with Gasteiger partial charge in [-0.2, -0.15) is 0 Å². The fourth-order valence-corrected chi connectivity index (χ4v) is 2.57. The molecule has 1 aliphatic rings. The molecule has 24 heavy (non-hydrogen) atoms. The molecule has 1 aromatic heterocycles. The van der Waals surface area contributed by atoms with Gasteiger partial charge in [-0.1, -0.05) is 13.0 Å². The van der Waals surface area contributed by atoms with Crippen LogP contribution in [-0.2, 0) is 4.79 Å². The second-order valence-corrected chi connectivity index (χ2v) is 6.14. The number of nitrogens with zero attached hydrogens (tertiary/aromatic N) is 1. The number of hydrogen-bond acceptors (Lipinski definition) is 4. The zero-order valence-corrected chi connectivity index (χ0v) is 13.5. The predicted octanol–water partition coefficient (Wildman–Crippen LogP) is 4.27. The van der Waals surface area contributed by atoms with E-state index in [0.29, 0.717) is 23.3 Å². The monoisotopic (exact) mass is 326 g/mol. The number of carbonyl (C=O) groups is 1. The molecule has 1 saturated carbocycles. The van der Waals surface area contributed by atoms with Crippen LogP contribution in [0.1, 0.15) is 36.3 Å². The minimum Gasteiger partial charge on any atom is -0.461 e. The zero-order valence-electron chi connectivity index (χ0n) is 13.5. The second kappa shape index (κ2) is 6.31. The maximum Gasteiger partial charge on any atom is 0.271 e. The SMILES string of the molecule is Cc1ccc([N+](=O)[O-])cc1NC(=O)/C=C/c1ccc(C2CC2C)o1. The van der Waals surface area contributed by atoms with E-state index in [1.165, 1.54) is 18.2 Å². The second-order valence-electron chi connectivity index (χ2n) is 6.14. The van der Waals surface area contributed by atoms with E-state index in [1.54, 1.807) is 19.1 Å². The maximum absolute atomic E-state index is 12.0. The molecular formula is C18H18N2O4. The summed E-state index contributed by atoms with van der Waals surface area (Å²) in [5.41, 5.74) is 1.12. The molecule has 1 amide bonds. The van der Waals surface area contributed by atoms with E-state index in [2.05, 4.69) is 12.2 Å². The van der Waals surface area contributed by atoms with Gasteiger partial charge in [-0.3, -0.25) is 14.9 Å². The zero-order chi connectivity index (χ0) is 17.3. The largest absolute Gasteiger partial charge is 0.461 e. The van der Waals surface area contributed by atoms with Crippen LogP contribution in [0.3, 0.4) is 0 Å². The van der Waals surface area contributed by atoms with E-state index in [-0.39, 0.29) is 11.6 Å². The molecule has 1 N–H and O–H groups in total. The van der Waals surface area contributed by atoms with Gasteiger partial charge in [-0.15, -0.1) is 0 Å². The lowest BCUT2D eigenvalue weighted by Crippen LogP contribution is -2.09. The molecule has 0 spiro atoms. The van der Waals surface area contributed by atoms with E-state index >= 15 is 0 Å². The Labute approximate surface area is 139 Å². The lowest BCUT2D eigenvalue weighted by Gasteiger charge is -2.05. The summed E-state index contributed by atoms with van der Waals surface area (Å²) in [7, 11) is 0. The van der Waals surface area contributed by atoms with Gasteiger partial charge in [0.05, 0.1) is 10.6 Å². The minimum atomic E-state index is -0.492. The van der Waals surface area contributed by atoms with Crippen molar-refractivity contribution in [3.8, 4) is 0 Å². The van der Waals surface area contributed by atoms with Crippen LogP contribution in [0.2, 0.25) is 0 Å². The lowest BCUT2D eigenvalue weighted by atomic mass is 10.2. The molecule has 2 aromatic rings. The summed E-state index contributed by atoms with van der Waals surface area (Å²) < 4.78 is 5.70.